The molecule has 2 N–H and O–H groups in total. The van der Waals surface area contributed by atoms with Gasteiger partial charge in [-0.3, -0.25) is 4.98 Å². The summed E-state index contributed by atoms with van der Waals surface area (Å²) in [4.78, 5) is 4.37. The van der Waals surface area contributed by atoms with Crippen LogP contribution in [-0.4, -0.2) is 43.2 Å². The zero-order valence-corrected chi connectivity index (χ0v) is 22.8. The number of anilines is 1. The molecule has 1 aliphatic rings. The number of fused-ring (bicyclic) bond motifs is 1. The molecule has 0 radical (unpaired) electrons. The predicted molar refractivity (Wildman–Crippen MR) is 150 cm³/mol. The van der Waals surface area contributed by atoms with Gasteiger partial charge in [0.25, 0.3) is 0 Å². The molecule has 1 fully saturated rings. The fourth-order valence-electron chi connectivity index (χ4n) is 4.97. The third kappa shape index (κ3) is 6.17. The Bertz CT molecular complexity index is 1450. The topological polar surface area (TPSA) is 65.5 Å². The molecule has 1 unspecified atom stereocenters. The van der Waals surface area contributed by atoms with Crippen LogP contribution in [0.25, 0.3) is 10.9 Å². The SMILES string of the molecule is O=S(N1CCC(Nc2ccnc3c(O)cc(C(c4ccc(Cl)cc4)c4ccc(Cl)cc4)cc23)CC1)C(F)(F)F. The van der Waals surface area contributed by atoms with Crippen molar-refractivity contribution in [1.82, 2.24) is 9.29 Å². The second kappa shape index (κ2) is 11.3. The number of phenolic OH excluding ortho intramolecular Hbond substituents is 1. The van der Waals surface area contributed by atoms with E-state index in [1.54, 1.807) is 18.3 Å². The number of aromatic nitrogens is 1. The highest BCUT2D eigenvalue weighted by molar-refractivity contribution is 7.83. The lowest BCUT2D eigenvalue weighted by Crippen LogP contribution is -2.43. The van der Waals surface area contributed by atoms with Crippen LogP contribution in [0, 0.1) is 0 Å². The highest BCUT2D eigenvalue weighted by atomic mass is 35.5. The van der Waals surface area contributed by atoms with Gasteiger partial charge in [-0.25, -0.2) is 8.51 Å². The van der Waals surface area contributed by atoms with Crippen LogP contribution in [0.4, 0.5) is 18.9 Å². The molecule has 1 atom stereocenters. The summed E-state index contributed by atoms with van der Waals surface area (Å²) in [6.45, 7) is 0.108. The number of hydrogen-bond acceptors (Lipinski definition) is 4. The number of piperidine rings is 1. The number of alkyl halides is 3. The lowest BCUT2D eigenvalue weighted by atomic mass is 9.84. The minimum absolute atomic E-state index is 0.00877. The van der Waals surface area contributed by atoms with Gasteiger partial charge in [0.1, 0.15) is 11.3 Å². The Kier molecular flexibility index (Phi) is 8.05. The predicted octanol–water partition coefficient (Wildman–Crippen LogP) is 7.49. The smallest absolute Gasteiger partial charge is 0.485 e. The van der Waals surface area contributed by atoms with Crippen LogP contribution >= 0.6 is 23.2 Å². The van der Waals surface area contributed by atoms with Gasteiger partial charge in [0, 0.05) is 52.4 Å². The van der Waals surface area contributed by atoms with Gasteiger partial charge in [-0.15, -0.1) is 0 Å². The van der Waals surface area contributed by atoms with Gasteiger partial charge >= 0.3 is 5.51 Å². The van der Waals surface area contributed by atoms with Crippen LogP contribution in [0.5, 0.6) is 5.75 Å². The molecule has 0 aliphatic carbocycles. The van der Waals surface area contributed by atoms with Crippen molar-refractivity contribution in [3.63, 3.8) is 0 Å². The van der Waals surface area contributed by atoms with E-state index in [1.807, 2.05) is 54.6 Å². The number of nitrogens with zero attached hydrogens (tertiary/aromatic N) is 2. The van der Waals surface area contributed by atoms with Crippen molar-refractivity contribution < 1.29 is 22.5 Å². The molecule has 0 spiro atoms. The Hall–Kier alpha value is -2.85. The summed E-state index contributed by atoms with van der Waals surface area (Å²) in [7, 11) is -3.01. The van der Waals surface area contributed by atoms with Crippen molar-refractivity contribution in [2.45, 2.75) is 30.3 Å². The van der Waals surface area contributed by atoms with Gasteiger partial charge in [-0.2, -0.15) is 13.2 Å². The standard InChI is InChI=1S/C28H24Cl2F3N3O2S/c29-20-5-1-17(2-6-20)26(18-3-7-21(30)8-4-18)19-15-23-24(9-12-34-27(23)25(37)16-19)35-22-10-13-36(14-11-22)39(38)28(31,32)33/h1-9,12,15-16,22,26,37H,10-11,13-14H2,(H,34,35). The maximum absolute atomic E-state index is 12.9. The van der Waals surface area contributed by atoms with Crippen molar-refractivity contribution >= 4 is 50.8 Å². The summed E-state index contributed by atoms with van der Waals surface area (Å²) in [6, 6.07) is 20.3. The molecular weight excluding hydrogens is 570 g/mol. The number of pyridine rings is 1. The average Bonchev–Trinajstić information content (AvgIpc) is 2.91. The van der Waals surface area contributed by atoms with Crippen molar-refractivity contribution in [3.05, 3.63) is 99.7 Å². The Morgan fingerprint density at radius 3 is 2.03 bits per heavy atom. The molecule has 11 heteroatoms. The van der Waals surface area contributed by atoms with E-state index in [0.717, 1.165) is 21.0 Å². The van der Waals surface area contributed by atoms with E-state index in [-0.39, 0.29) is 30.8 Å². The van der Waals surface area contributed by atoms with Crippen LogP contribution < -0.4 is 5.32 Å². The van der Waals surface area contributed by atoms with Crippen LogP contribution in [-0.2, 0) is 11.0 Å². The molecule has 39 heavy (non-hydrogen) atoms. The normalized spacial score (nSPS) is 16.1. The number of rotatable bonds is 6. The van der Waals surface area contributed by atoms with Crippen molar-refractivity contribution in [2.24, 2.45) is 0 Å². The molecule has 204 valence electrons. The van der Waals surface area contributed by atoms with Gasteiger partial charge < -0.3 is 10.4 Å². The summed E-state index contributed by atoms with van der Waals surface area (Å²) in [5, 5.41) is 16.3. The van der Waals surface area contributed by atoms with E-state index in [9.17, 15) is 22.5 Å². The summed E-state index contributed by atoms with van der Waals surface area (Å²) >= 11 is 12.3. The van der Waals surface area contributed by atoms with Gasteiger partial charge in [0.05, 0.1) is 0 Å². The number of nitrogens with one attached hydrogen (secondary N) is 1. The highest BCUT2D eigenvalue weighted by Gasteiger charge is 2.42. The first-order chi connectivity index (χ1) is 18.6. The quantitative estimate of drug-likeness (QED) is 0.227. The molecule has 4 aromatic rings. The molecule has 0 amide bonds. The monoisotopic (exact) mass is 593 g/mol. The Morgan fingerprint density at radius 2 is 1.49 bits per heavy atom. The summed E-state index contributed by atoms with van der Waals surface area (Å²) in [5.41, 5.74) is -0.909. The molecule has 1 saturated heterocycles. The van der Waals surface area contributed by atoms with Gasteiger partial charge in [-0.05, 0) is 72.0 Å². The largest absolute Gasteiger partial charge is 0.506 e. The van der Waals surface area contributed by atoms with E-state index >= 15 is 0 Å². The van der Waals surface area contributed by atoms with Gasteiger partial charge in [0.15, 0.2) is 0 Å². The van der Waals surface area contributed by atoms with E-state index in [1.165, 1.54) is 0 Å². The fraction of sp³-hybridized carbons (Fsp3) is 0.250. The maximum atomic E-state index is 12.9. The number of halogens is 5. The fourth-order valence-corrected chi connectivity index (χ4v) is 6.06. The first-order valence-corrected chi connectivity index (χ1v) is 14.1. The second-order valence-electron chi connectivity index (χ2n) is 9.37. The minimum atomic E-state index is -4.76. The number of aromatic hydroxyl groups is 1. The molecule has 0 saturated carbocycles. The Morgan fingerprint density at radius 1 is 0.923 bits per heavy atom. The summed E-state index contributed by atoms with van der Waals surface area (Å²) in [6.07, 6.45) is 2.35. The van der Waals surface area contributed by atoms with E-state index in [0.29, 0.717) is 39.5 Å². The molecule has 3 aromatic carbocycles. The first kappa shape index (κ1) is 27.7. The highest BCUT2D eigenvalue weighted by Crippen LogP contribution is 2.39. The molecule has 0 bridgehead atoms. The van der Waals surface area contributed by atoms with Crippen LogP contribution in [0.3, 0.4) is 0 Å². The van der Waals surface area contributed by atoms with E-state index in [4.69, 9.17) is 23.2 Å². The zero-order chi connectivity index (χ0) is 27.7. The van der Waals surface area contributed by atoms with Crippen LogP contribution in [0.1, 0.15) is 35.4 Å². The third-order valence-electron chi connectivity index (χ3n) is 6.83. The lowest BCUT2D eigenvalue weighted by molar-refractivity contribution is -0.0432. The van der Waals surface area contributed by atoms with E-state index in [2.05, 4.69) is 10.3 Å². The lowest BCUT2D eigenvalue weighted by Gasteiger charge is -2.32. The molecule has 5 nitrogen and oxygen atoms in total. The molecule has 1 aliphatic heterocycles. The Labute approximate surface area is 236 Å². The first-order valence-electron chi connectivity index (χ1n) is 12.2. The number of hydrogen-bond donors (Lipinski definition) is 2. The molecule has 2 heterocycles. The number of phenols is 1. The van der Waals surface area contributed by atoms with Gasteiger partial charge in [0.2, 0.25) is 11.0 Å². The second-order valence-corrected chi connectivity index (χ2v) is 11.7. The van der Waals surface area contributed by atoms with Crippen LogP contribution in [0.2, 0.25) is 10.0 Å². The summed E-state index contributed by atoms with van der Waals surface area (Å²) in [5.74, 6) is -0.238. The zero-order valence-electron chi connectivity index (χ0n) is 20.5. The van der Waals surface area contributed by atoms with Crippen molar-refractivity contribution in [1.29, 1.82) is 0 Å². The minimum Gasteiger partial charge on any atom is -0.506 e. The number of benzene rings is 3. The molecular formula is C28H24Cl2F3N3O2S. The summed E-state index contributed by atoms with van der Waals surface area (Å²) < 4.78 is 51.3. The molecule has 1 aromatic heterocycles. The van der Waals surface area contributed by atoms with E-state index < -0.39 is 16.5 Å². The molecule has 5 rings (SSSR count). The van der Waals surface area contributed by atoms with Crippen molar-refractivity contribution in [2.75, 3.05) is 18.4 Å². The maximum Gasteiger partial charge on any atom is 0.485 e. The van der Waals surface area contributed by atoms with Crippen molar-refractivity contribution in [3.8, 4) is 5.75 Å². The third-order valence-corrected chi connectivity index (χ3v) is 8.57. The van der Waals surface area contributed by atoms with Crippen LogP contribution in [0.15, 0.2) is 72.9 Å². The van der Waals surface area contributed by atoms with Gasteiger partial charge in [-0.1, -0.05) is 47.5 Å². The average molecular weight is 594 g/mol. The Balaban J connectivity index is 1.49.